The highest BCUT2D eigenvalue weighted by molar-refractivity contribution is 6.01. The molecule has 0 unspecified atom stereocenters. The summed E-state index contributed by atoms with van der Waals surface area (Å²) in [6.07, 6.45) is 26.9. The maximum atomic E-state index is 17.3. The van der Waals surface area contributed by atoms with Crippen molar-refractivity contribution in [3.63, 3.8) is 0 Å². The first-order chi connectivity index (χ1) is 41.2. The normalized spacial score (nSPS) is 48.1. The third-order valence-electron chi connectivity index (χ3n) is 28.1. The summed E-state index contributed by atoms with van der Waals surface area (Å²) in [6, 6.07) is 12.5. The van der Waals surface area contributed by atoms with Crippen LogP contribution in [0.5, 0.6) is 5.75 Å². The van der Waals surface area contributed by atoms with Crippen molar-refractivity contribution in [2.24, 2.45) is 98.6 Å². The number of anilines is 1. The molecule has 11 nitrogen and oxygen atoms in total. The number of epoxide rings is 1. The second kappa shape index (κ2) is 20.5. The number of carbonyl (C=O) groups excluding carboxylic acids is 2. The predicted octanol–water partition coefficient (Wildman–Crippen LogP) is 11.1. The van der Waals surface area contributed by atoms with Gasteiger partial charge in [0.15, 0.2) is 11.6 Å². The van der Waals surface area contributed by atoms with Gasteiger partial charge in [-0.05, 0) is 251 Å². The van der Waals surface area contributed by atoms with Crippen molar-refractivity contribution in [3.05, 3.63) is 106 Å². The number of nitrogens with one attached hydrogen (secondary N) is 2. The summed E-state index contributed by atoms with van der Waals surface area (Å²) in [4.78, 5) is 34.1. The van der Waals surface area contributed by atoms with Crippen LogP contribution in [0.1, 0.15) is 178 Å². The van der Waals surface area contributed by atoms with E-state index in [9.17, 15) is 25.5 Å². The van der Waals surface area contributed by atoms with Crippen molar-refractivity contribution < 1.29 is 39.9 Å². The zero-order valence-corrected chi connectivity index (χ0v) is 52.4. The Morgan fingerprint density at radius 3 is 2.50 bits per heavy atom. The van der Waals surface area contributed by atoms with Gasteiger partial charge in [0.25, 0.3) is 0 Å². The molecule has 2 aliphatic heterocycles. The van der Waals surface area contributed by atoms with Crippen LogP contribution < -0.4 is 16.4 Å². The Balaban J connectivity index is 0.931. The molecule has 0 radical (unpaired) electrons. The van der Waals surface area contributed by atoms with Crippen molar-refractivity contribution in [2.75, 3.05) is 25.9 Å². The lowest BCUT2D eigenvalue weighted by Crippen LogP contribution is -2.77. The third kappa shape index (κ3) is 8.07. The number of nitrogens with two attached hydrogens (primary N) is 1. The summed E-state index contributed by atoms with van der Waals surface area (Å²) in [5.74, 6) is 0.702. The van der Waals surface area contributed by atoms with Gasteiger partial charge in [0, 0.05) is 54.6 Å². The van der Waals surface area contributed by atoms with Crippen LogP contribution in [0.4, 0.5) is 5.69 Å². The molecule has 2 aromatic rings. The lowest BCUT2D eigenvalue weighted by atomic mass is 9.28. The van der Waals surface area contributed by atoms with E-state index in [0.29, 0.717) is 69.7 Å². The number of carbonyl (C=O) groups is 2. The molecule has 6 saturated carbocycles. The van der Waals surface area contributed by atoms with E-state index in [1.54, 1.807) is 0 Å². The lowest BCUT2D eigenvalue weighted by Gasteiger charge is -2.76. The fourth-order valence-electron chi connectivity index (χ4n) is 25.5. The Labute approximate surface area is 511 Å². The minimum absolute atomic E-state index is 0.0121. The highest BCUT2D eigenvalue weighted by Gasteiger charge is 2.82. The minimum atomic E-state index is -0.975. The summed E-state index contributed by atoms with van der Waals surface area (Å²) in [5.41, 5.74) is 9.07. The number of nitrogen functional groups attached to an aromatic ring is 1. The van der Waals surface area contributed by atoms with Crippen LogP contribution in [-0.2, 0) is 32.7 Å². The van der Waals surface area contributed by atoms with Crippen molar-refractivity contribution in [1.29, 1.82) is 0 Å². The number of aliphatic hydroxyl groups excluding tert-OH is 3. The zero-order valence-electron chi connectivity index (χ0n) is 52.4. The van der Waals surface area contributed by atoms with Gasteiger partial charge in [0.05, 0.1) is 28.8 Å². The number of rotatable bonds is 10. The second-order valence-electron chi connectivity index (χ2n) is 32.5. The monoisotopic (exact) mass is 1170 g/mol. The maximum Gasteiger partial charge on any atom is 0.160 e. The molecule has 12 aliphatic carbocycles. The van der Waals surface area contributed by atoms with Crippen LogP contribution in [0, 0.1) is 98.6 Å². The number of phenols is 1. The Hall–Kier alpha value is -3.94. The van der Waals surface area contributed by atoms with Crippen LogP contribution in [-0.4, -0.2) is 92.9 Å². The lowest BCUT2D eigenvalue weighted by molar-refractivity contribution is -0.249. The van der Waals surface area contributed by atoms with E-state index in [1.807, 2.05) is 26.1 Å². The number of ether oxygens (including phenoxy) is 1. The van der Waals surface area contributed by atoms with Crippen molar-refractivity contribution in [3.8, 4) is 5.75 Å². The maximum absolute atomic E-state index is 17.3. The number of β-amino-alcohol motifs (C(OH)–C–C–N with tert-alkyl or cyclic N) is 1. The first kappa shape index (κ1) is 58.4. The molecule has 9 N–H and O–H groups in total. The second-order valence-corrected chi connectivity index (χ2v) is 32.5. The van der Waals surface area contributed by atoms with Crippen molar-refractivity contribution >= 4 is 17.3 Å². The summed E-state index contributed by atoms with van der Waals surface area (Å²) in [7, 11) is 1.93. The van der Waals surface area contributed by atoms with Crippen LogP contribution >= 0.6 is 0 Å². The first-order valence-corrected chi connectivity index (χ1v) is 34.5. The molecule has 11 heteroatoms. The van der Waals surface area contributed by atoms with Gasteiger partial charge in [-0.2, -0.15) is 0 Å². The summed E-state index contributed by atoms with van der Waals surface area (Å²) in [5, 5.41) is 70.3. The molecule has 24 atom stereocenters. The van der Waals surface area contributed by atoms with E-state index in [1.165, 1.54) is 16.7 Å². The SMILES string of the molecule is CNCc1cc(O)cc([C@]23CCC[C@]45CC(=O)C6=C4CC[C@@H]4[C@]7(C)[C@H]2C=CC[C@]2(CCCC[C@](C)(O)CN[C@H](C[C@@]45[C@@H]4C[C@H](C=C[C@@H]4O)[C@H]4CC[C@@H](CO)[C@H]5C=C[C@@H]([C@@H](O)[C@H]8O[C@]8(C)[C@@H]8CCC[C@H]8c8cc(N)cc(CC(C)C)c8)[C@H]6[C@H]54)[C@@H]27)C3=O)c1. The summed E-state index contributed by atoms with van der Waals surface area (Å²) < 4.78 is 7.09. The molecule has 464 valence electrons. The number of Topliss-reactive ketones (excluding diaryl/α,β-unsaturated/α-hetero) is 2. The number of aromatic hydroxyl groups is 1. The number of hydrogen-bond acceptors (Lipinski definition) is 11. The molecular formula is C75H101N3O8. The molecule has 0 aromatic heterocycles. The molecule has 16 rings (SSSR count). The van der Waals surface area contributed by atoms with Gasteiger partial charge in [-0.3, -0.25) is 9.59 Å². The van der Waals surface area contributed by atoms with Gasteiger partial charge in [0.1, 0.15) is 11.9 Å². The van der Waals surface area contributed by atoms with Crippen LogP contribution in [0.3, 0.4) is 0 Å². The first-order valence-electron chi connectivity index (χ1n) is 34.5. The number of hydrogen-bond donors (Lipinski definition) is 8. The minimum Gasteiger partial charge on any atom is -0.508 e. The number of phenolic OH excluding ortho intramolecular Hbond substituents is 1. The predicted molar refractivity (Wildman–Crippen MR) is 334 cm³/mol. The van der Waals surface area contributed by atoms with Gasteiger partial charge < -0.3 is 46.6 Å². The molecule has 3 spiro atoms. The molecule has 86 heavy (non-hydrogen) atoms. The summed E-state index contributed by atoms with van der Waals surface area (Å²) >= 11 is 0. The molecule has 2 saturated heterocycles. The average Bonchev–Trinajstić information content (AvgIpc) is 0.868. The molecule has 11 bridgehead atoms. The van der Waals surface area contributed by atoms with Gasteiger partial charge in [-0.25, -0.2) is 0 Å². The van der Waals surface area contributed by atoms with Gasteiger partial charge in [-0.15, -0.1) is 0 Å². The van der Waals surface area contributed by atoms with E-state index >= 15 is 9.59 Å². The smallest absolute Gasteiger partial charge is 0.160 e. The van der Waals surface area contributed by atoms with Crippen molar-refractivity contribution in [1.82, 2.24) is 10.6 Å². The zero-order chi connectivity index (χ0) is 59.8. The molecule has 0 amide bonds. The van der Waals surface area contributed by atoms with Crippen molar-refractivity contribution in [2.45, 2.75) is 210 Å². The fourth-order valence-corrected chi connectivity index (χ4v) is 25.5. The molecule has 2 heterocycles. The molecular weight excluding hydrogens is 1070 g/mol. The standard InChI is InChI=1S/C75H101N3O8/c1-41(2)28-42-29-46(33-48(76)31-42)50-12-9-13-54(50)71(5)67(86-71)65(83)53-19-18-52-45(39-79)15-17-51-44-16-21-58(81)56(34-44)75-36-57-66-70(4)60-14-10-25-72(66,24-8-7-23-69(3,85)40-78-57)68(84)74(60,47-30-43(38-77-6)32-49(80)35-47)27-11-26-73(75)37-59(82)64(63(53)62(51)52)55(73)20-22-61(70)75/h10,14,16,18-19,21,29-33,35,41,44-45,50-54,56-58,60-63,65-67,77-81,83,85H,7-9,11-13,15,17,20,22-28,34,36-40,76H2,1-6H3/t44-,45-,50-,51+,52+,53+,54+,56+,57+,58-,60+,61+,62-,63-,65+,66+,67+,69-,70-,71+,72-,73-,74+,75+/m0/s1. The Morgan fingerprint density at radius 2 is 1.70 bits per heavy atom. The number of aliphatic hydroxyl groups is 4. The summed E-state index contributed by atoms with van der Waals surface area (Å²) in [6.45, 7) is 12.3. The number of fused-ring (bicyclic) bond motifs is 5. The third-order valence-corrected chi connectivity index (χ3v) is 28.1. The number of allylic oxidation sites excluding steroid dienone is 6. The number of ketones is 2. The van der Waals surface area contributed by atoms with E-state index in [4.69, 9.17) is 10.5 Å². The fraction of sp³-hybridized carbons (Fsp3) is 0.707. The number of benzene rings is 2. The highest BCUT2D eigenvalue weighted by Crippen LogP contribution is 2.83. The van der Waals surface area contributed by atoms with Crippen LogP contribution in [0.15, 0.2) is 84.0 Å². The largest absolute Gasteiger partial charge is 0.508 e. The molecule has 14 aliphatic rings. The molecule has 8 fully saturated rings. The Bertz CT molecular complexity index is 3200. The van der Waals surface area contributed by atoms with Gasteiger partial charge >= 0.3 is 0 Å². The van der Waals surface area contributed by atoms with Gasteiger partial charge in [-0.1, -0.05) is 101 Å². The van der Waals surface area contributed by atoms with E-state index < -0.39 is 62.5 Å². The van der Waals surface area contributed by atoms with Crippen LogP contribution in [0.25, 0.3) is 0 Å². The average molecular weight is 1170 g/mol. The Kier molecular flexibility index (Phi) is 14.0. The molecule has 2 aromatic carbocycles. The van der Waals surface area contributed by atoms with E-state index in [0.717, 1.165) is 99.4 Å². The van der Waals surface area contributed by atoms with E-state index in [2.05, 4.69) is 99.1 Å². The van der Waals surface area contributed by atoms with E-state index in [-0.39, 0.29) is 95.2 Å². The Morgan fingerprint density at radius 1 is 0.872 bits per heavy atom. The highest BCUT2D eigenvalue weighted by atomic mass is 16.6. The quantitative estimate of drug-likeness (QED) is 0.0640. The van der Waals surface area contributed by atoms with Crippen LogP contribution in [0.2, 0.25) is 0 Å². The topological polar surface area (TPSA) is 198 Å². The van der Waals surface area contributed by atoms with Gasteiger partial charge in [0.2, 0.25) is 0 Å².